The number of aliphatic hydroxyl groups excluding tert-OH is 1. The Morgan fingerprint density at radius 3 is 2.32 bits per heavy atom. The highest BCUT2D eigenvalue weighted by Gasteiger charge is 2.27. The van der Waals surface area contributed by atoms with Gasteiger partial charge < -0.3 is 14.7 Å². The average molecular weight is 265 g/mol. The Bertz CT molecular complexity index is 411. The number of aryl methyl sites for hydroxylation is 2. The topological polar surface area (TPSA) is 32.7 Å². The maximum atomic E-state index is 9.64. The molecule has 2 unspecified atom stereocenters. The molecule has 1 aromatic carbocycles. The van der Waals surface area contributed by atoms with Crippen molar-refractivity contribution >= 4 is 0 Å². The predicted octanol–water partition coefficient (Wildman–Crippen LogP) is 2.93. The fourth-order valence-corrected chi connectivity index (χ4v) is 2.89. The molecule has 1 rings (SSSR count). The van der Waals surface area contributed by atoms with Crippen LogP contribution in [0.3, 0.4) is 0 Å². The molecule has 3 heteroatoms. The van der Waals surface area contributed by atoms with Gasteiger partial charge in [-0.25, -0.2) is 0 Å². The zero-order chi connectivity index (χ0) is 14.6. The summed E-state index contributed by atoms with van der Waals surface area (Å²) in [5.74, 6) is 1.15. The van der Waals surface area contributed by atoms with Crippen molar-refractivity contribution in [1.29, 1.82) is 0 Å². The van der Waals surface area contributed by atoms with Crippen LogP contribution in [0.25, 0.3) is 0 Å². The summed E-state index contributed by atoms with van der Waals surface area (Å²) in [5, 5.41) is 9.64. The quantitative estimate of drug-likeness (QED) is 0.858. The first-order valence-corrected chi connectivity index (χ1v) is 6.88. The third kappa shape index (κ3) is 3.48. The van der Waals surface area contributed by atoms with E-state index in [1.54, 1.807) is 7.11 Å². The van der Waals surface area contributed by atoms with E-state index >= 15 is 0 Å². The number of rotatable bonds is 6. The van der Waals surface area contributed by atoms with E-state index in [1.165, 1.54) is 11.1 Å². The van der Waals surface area contributed by atoms with Gasteiger partial charge in [-0.3, -0.25) is 0 Å². The smallest absolute Gasteiger partial charge is 0.126 e. The number of nitrogens with zero attached hydrogens (tertiary/aromatic N) is 1. The summed E-state index contributed by atoms with van der Waals surface area (Å²) >= 11 is 0. The molecule has 0 amide bonds. The minimum Gasteiger partial charge on any atom is -0.496 e. The van der Waals surface area contributed by atoms with E-state index in [1.807, 2.05) is 0 Å². The molecular formula is C16H27NO2. The van der Waals surface area contributed by atoms with Crippen LogP contribution in [0.5, 0.6) is 5.75 Å². The van der Waals surface area contributed by atoms with E-state index in [2.05, 4.69) is 51.9 Å². The van der Waals surface area contributed by atoms with Crippen molar-refractivity contribution in [2.45, 2.75) is 33.2 Å². The van der Waals surface area contributed by atoms with Gasteiger partial charge >= 0.3 is 0 Å². The first kappa shape index (κ1) is 16.0. The normalized spacial score (nSPS) is 14.5. The molecule has 0 bridgehead atoms. The summed E-state index contributed by atoms with van der Waals surface area (Å²) in [7, 11) is 5.83. The maximum Gasteiger partial charge on any atom is 0.126 e. The maximum absolute atomic E-state index is 9.64. The molecule has 2 atom stereocenters. The van der Waals surface area contributed by atoms with E-state index in [9.17, 15) is 5.11 Å². The van der Waals surface area contributed by atoms with Crippen LogP contribution in [0, 0.1) is 19.8 Å². The minimum atomic E-state index is 0.170. The number of hydrogen-bond acceptors (Lipinski definition) is 3. The molecule has 1 aromatic rings. The Morgan fingerprint density at radius 2 is 1.89 bits per heavy atom. The van der Waals surface area contributed by atoms with E-state index < -0.39 is 0 Å². The van der Waals surface area contributed by atoms with Gasteiger partial charge in [0.25, 0.3) is 0 Å². The summed E-state index contributed by atoms with van der Waals surface area (Å²) in [6.07, 6.45) is 0.940. The van der Waals surface area contributed by atoms with E-state index in [0.717, 1.165) is 17.7 Å². The molecule has 19 heavy (non-hydrogen) atoms. The monoisotopic (exact) mass is 265 g/mol. The van der Waals surface area contributed by atoms with Crippen LogP contribution in [0.4, 0.5) is 0 Å². The number of methoxy groups -OCH3 is 1. The van der Waals surface area contributed by atoms with Gasteiger partial charge in [-0.2, -0.15) is 0 Å². The van der Waals surface area contributed by atoms with Crippen molar-refractivity contribution in [3.05, 3.63) is 28.8 Å². The second-order valence-electron chi connectivity index (χ2n) is 5.46. The zero-order valence-electron chi connectivity index (χ0n) is 13.0. The lowest BCUT2D eigenvalue weighted by molar-refractivity contribution is 0.128. The van der Waals surface area contributed by atoms with Crippen LogP contribution >= 0.6 is 0 Å². The Kier molecular flexibility index (Phi) is 5.83. The lowest BCUT2D eigenvalue weighted by Gasteiger charge is -2.33. The Hall–Kier alpha value is -1.06. The van der Waals surface area contributed by atoms with Gasteiger partial charge in [-0.05, 0) is 39.9 Å². The highest BCUT2D eigenvalue weighted by Crippen LogP contribution is 2.37. The Morgan fingerprint density at radius 1 is 1.26 bits per heavy atom. The van der Waals surface area contributed by atoms with Gasteiger partial charge in [0, 0.05) is 24.1 Å². The first-order chi connectivity index (χ1) is 8.96. The van der Waals surface area contributed by atoms with Crippen LogP contribution < -0.4 is 4.74 Å². The molecule has 0 radical (unpaired) electrons. The SMILES string of the molecule is CCC(CO)C(c1cc(C)cc(C)c1OC)N(C)C. The molecule has 0 saturated heterocycles. The number of hydrogen-bond donors (Lipinski definition) is 1. The molecular weight excluding hydrogens is 238 g/mol. The van der Waals surface area contributed by atoms with Crippen LogP contribution in [-0.2, 0) is 0 Å². The van der Waals surface area contributed by atoms with E-state index in [4.69, 9.17) is 4.74 Å². The standard InChI is InChI=1S/C16H27NO2/c1-7-13(10-18)15(17(4)5)14-9-11(2)8-12(3)16(14)19-6/h8-9,13,15,18H,7,10H2,1-6H3. The molecule has 0 fully saturated rings. The number of ether oxygens (including phenoxy) is 1. The first-order valence-electron chi connectivity index (χ1n) is 6.88. The van der Waals surface area contributed by atoms with Crippen molar-refractivity contribution < 1.29 is 9.84 Å². The van der Waals surface area contributed by atoms with Crippen molar-refractivity contribution in [3.8, 4) is 5.75 Å². The van der Waals surface area contributed by atoms with Gasteiger partial charge in [0.15, 0.2) is 0 Å². The van der Waals surface area contributed by atoms with Gasteiger partial charge in [-0.1, -0.05) is 24.6 Å². The van der Waals surface area contributed by atoms with Gasteiger partial charge in [0.05, 0.1) is 7.11 Å². The van der Waals surface area contributed by atoms with Crippen molar-refractivity contribution in [2.75, 3.05) is 27.8 Å². The average Bonchev–Trinajstić information content (AvgIpc) is 2.34. The molecule has 1 N–H and O–H groups in total. The van der Waals surface area contributed by atoms with Crippen LogP contribution in [0.15, 0.2) is 12.1 Å². The molecule has 0 aliphatic rings. The Balaban J connectivity index is 3.37. The van der Waals surface area contributed by atoms with Crippen LogP contribution in [0.2, 0.25) is 0 Å². The zero-order valence-corrected chi connectivity index (χ0v) is 13.0. The molecule has 3 nitrogen and oxygen atoms in total. The lowest BCUT2D eigenvalue weighted by atomic mass is 9.88. The molecule has 0 spiro atoms. The fraction of sp³-hybridized carbons (Fsp3) is 0.625. The van der Waals surface area contributed by atoms with Crippen LogP contribution in [-0.4, -0.2) is 37.8 Å². The highest BCUT2D eigenvalue weighted by molar-refractivity contribution is 5.45. The summed E-state index contributed by atoms with van der Waals surface area (Å²) in [6, 6.07) is 4.48. The summed E-state index contributed by atoms with van der Waals surface area (Å²) < 4.78 is 5.59. The third-order valence-corrected chi connectivity index (χ3v) is 3.73. The number of benzene rings is 1. The van der Waals surface area contributed by atoms with Crippen molar-refractivity contribution in [2.24, 2.45) is 5.92 Å². The van der Waals surface area contributed by atoms with Gasteiger partial charge in [0.2, 0.25) is 0 Å². The lowest BCUT2D eigenvalue weighted by Crippen LogP contribution is -2.30. The fourth-order valence-electron chi connectivity index (χ4n) is 2.89. The van der Waals surface area contributed by atoms with Crippen LogP contribution in [0.1, 0.15) is 36.1 Å². The van der Waals surface area contributed by atoms with Gasteiger partial charge in [-0.15, -0.1) is 0 Å². The second kappa shape index (κ2) is 6.92. The summed E-state index contributed by atoms with van der Waals surface area (Å²) in [4.78, 5) is 2.17. The van der Waals surface area contributed by atoms with E-state index in [0.29, 0.717) is 0 Å². The Labute approximate surface area is 117 Å². The summed E-state index contributed by atoms with van der Waals surface area (Å²) in [6.45, 7) is 6.48. The minimum absolute atomic E-state index is 0.170. The molecule has 0 saturated carbocycles. The number of aliphatic hydroxyl groups is 1. The third-order valence-electron chi connectivity index (χ3n) is 3.73. The summed E-state index contributed by atoms with van der Waals surface area (Å²) in [5.41, 5.74) is 3.55. The highest BCUT2D eigenvalue weighted by atomic mass is 16.5. The van der Waals surface area contributed by atoms with Crippen molar-refractivity contribution in [3.63, 3.8) is 0 Å². The van der Waals surface area contributed by atoms with Crippen molar-refractivity contribution in [1.82, 2.24) is 4.90 Å². The molecule has 0 heterocycles. The predicted molar refractivity (Wildman–Crippen MR) is 79.8 cm³/mol. The van der Waals surface area contributed by atoms with E-state index in [-0.39, 0.29) is 18.6 Å². The molecule has 0 aliphatic carbocycles. The molecule has 108 valence electrons. The largest absolute Gasteiger partial charge is 0.496 e. The molecule has 0 aromatic heterocycles. The second-order valence-corrected chi connectivity index (χ2v) is 5.46. The van der Waals surface area contributed by atoms with Gasteiger partial charge in [0.1, 0.15) is 5.75 Å². The molecule has 0 aliphatic heterocycles.